The van der Waals surface area contributed by atoms with Gasteiger partial charge in [0, 0.05) is 19.7 Å². The zero-order valence-corrected chi connectivity index (χ0v) is 14.7. The Hall–Kier alpha value is -3.77. The topological polar surface area (TPSA) is 130 Å². The van der Waals surface area contributed by atoms with E-state index in [0.29, 0.717) is 5.56 Å². The summed E-state index contributed by atoms with van der Waals surface area (Å²) in [5.41, 5.74) is -2.00. The monoisotopic (exact) mass is 392 g/mol. The van der Waals surface area contributed by atoms with Crippen molar-refractivity contribution in [2.45, 2.75) is 13.0 Å². The van der Waals surface area contributed by atoms with Crippen molar-refractivity contribution in [3.05, 3.63) is 61.9 Å². The highest BCUT2D eigenvalue weighted by atomic mass is 19.3. The standard InChI is InChI=1S/C15H14F2N8O3/c1-23-14(19-21-22-23)18-12(26)10-13(27)25(15(28)24(2)20-10)7-8-3-5-9(6-4-8)11(16)17/h3-6,11H,7H2,1-2H3,(H,18,19,22,26). The maximum Gasteiger partial charge on any atom is 0.347 e. The number of alkyl halides is 2. The molecular weight excluding hydrogens is 378 g/mol. The molecule has 2 heterocycles. The Labute approximate surface area is 155 Å². The number of carbonyl (C=O) groups excluding carboxylic acids is 1. The number of tetrazole rings is 1. The molecular formula is C15H14F2N8O3. The first kappa shape index (κ1) is 19.0. The van der Waals surface area contributed by atoms with Crippen LogP contribution in [0, 0.1) is 0 Å². The number of aryl methyl sites for hydroxylation is 2. The molecule has 1 aromatic carbocycles. The molecule has 0 fully saturated rings. The molecule has 0 saturated carbocycles. The Kier molecular flexibility index (Phi) is 5.06. The number of benzene rings is 1. The molecule has 0 saturated heterocycles. The summed E-state index contributed by atoms with van der Waals surface area (Å²) in [6.07, 6.45) is -2.63. The normalized spacial score (nSPS) is 11.0. The lowest BCUT2D eigenvalue weighted by Gasteiger charge is -2.10. The van der Waals surface area contributed by atoms with Gasteiger partial charge in [0.15, 0.2) is 0 Å². The number of carbonyl (C=O) groups is 1. The molecule has 13 heteroatoms. The summed E-state index contributed by atoms with van der Waals surface area (Å²) in [6, 6.07) is 5.15. The molecule has 11 nitrogen and oxygen atoms in total. The molecule has 1 amide bonds. The first-order chi connectivity index (χ1) is 13.3. The third-order valence-corrected chi connectivity index (χ3v) is 3.84. The SMILES string of the molecule is Cn1nnnc1NC(=O)c1nn(C)c(=O)n(Cc2ccc(C(F)F)cc2)c1=O. The third-order valence-electron chi connectivity index (χ3n) is 3.84. The fourth-order valence-corrected chi connectivity index (χ4v) is 2.35. The lowest BCUT2D eigenvalue weighted by Crippen LogP contribution is -2.44. The second-order valence-electron chi connectivity index (χ2n) is 5.77. The molecule has 3 rings (SSSR count). The Balaban J connectivity index is 1.95. The zero-order chi connectivity index (χ0) is 20.4. The van der Waals surface area contributed by atoms with Gasteiger partial charge in [-0.2, -0.15) is 5.10 Å². The summed E-state index contributed by atoms with van der Waals surface area (Å²) in [4.78, 5) is 37.3. The van der Waals surface area contributed by atoms with Gasteiger partial charge in [0.25, 0.3) is 17.9 Å². The number of nitrogens with zero attached hydrogens (tertiary/aromatic N) is 7. The first-order valence-electron chi connectivity index (χ1n) is 7.86. The minimum atomic E-state index is -2.63. The average molecular weight is 392 g/mol. The van der Waals surface area contributed by atoms with Crippen LogP contribution in [0.25, 0.3) is 0 Å². The van der Waals surface area contributed by atoms with Gasteiger partial charge in [0.2, 0.25) is 11.6 Å². The summed E-state index contributed by atoms with van der Waals surface area (Å²) in [5.74, 6) is -0.922. The lowest BCUT2D eigenvalue weighted by atomic mass is 10.1. The highest BCUT2D eigenvalue weighted by molar-refractivity contribution is 6.01. The van der Waals surface area contributed by atoms with Crippen molar-refractivity contribution in [1.82, 2.24) is 34.6 Å². The van der Waals surface area contributed by atoms with Gasteiger partial charge in [0.05, 0.1) is 6.54 Å². The van der Waals surface area contributed by atoms with Crippen LogP contribution in [0.1, 0.15) is 28.0 Å². The van der Waals surface area contributed by atoms with Crippen LogP contribution in [0.2, 0.25) is 0 Å². The summed E-state index contributed by atoms with van der Waals surface area (Å²) < 4.78 is 28.1. The highest BCUT2D eigenvalue weighted by Crippen LogP contribution is 2.18. The van der Waals surface area contributed by atoms with Crippen LogP contribution in [0.5, 0.6) is 0 Å². The van der Waals surface area contributed by atoms with Gasteiger partial charge in [-0.25, -0.2) is 22.9 Å². The van der Waals surface area contributed by atoms with E-state index in [0.717, 1.165) is 9.25 Å². The number of hydrogen-bond donors (Lipinski definition) is 1. The second-order valence-corrected chi connectivity index (χ2v) is 5.77. The molecule has 3 aromatic rings. The zero-order valence-electron chi connectivity index (χ0n) is 14.7. The van der Waals surface area contributed by atoms with Crippen molar-refractivity contribution >= 4 is 11.9 Å². The molecule has 0 radical (unpaired) electrons. The van der Waals surface area contributed by atoms with Crippen LogP contribution in [-0.2, 0) is 20.6 Å². The fraction of sp³-hybridized carbons (Fsp3) is 0.267. The maximum absolute atomic E-state index is 12.7. The van der Waals surface area contributed by atoms with Gasteiger partial charge < -0.3 is 0 Å². The van der Waals surface area contributed by atoms with Crippen LogP contribution >= 0.6 is 0 Å². The summed E-state index contributed by atoms with van der Waals surface area (Å²) >= 11 is 0. The van der Waals surface area contributed by atoms with Crippen molar-refractivity contribution in [1.29, 1.82) is 0 Å². The molecule has 1 N–H and O–H groups in total. The minimum Gasteiger partial charge on any atom is -0.288 e. The first-order valence-corrected chi connectivity index (χ1v) is 7.86. The van der Waals surface area contributed by atoms with E-state index in [4.69, 9.17) is 0 Å². The number of hydrogen-bond acceptors (Lipinski definition) is 7. The van der Waals surface area contributed by atoms with Gasteiger partial charge in [-0.3, -0.25) is 19.5 Å². The Morgan fingerprint density at radius 2 is 1.82 bits per heavy atom. The van der Waals surface area contributed by atoms with E-state index >= 15 is 0 Å². The van der Waals surface area contributed by atoms with Crippen molar-refractivity contribution < 1.29 is 13.6 Å². The molecule has 146 valence electrons. The maximum atomic E-state index is 12.7. The van der Waals surface area contributed by atoms with Gasteiger partial charge >= 0.3 is 5.69 Å². The molecule has 0 spiro atoms. The molecule has 2 aromatic heterocycles. The van der Waals surface area contributed by atoms with Crippen molar-refractivity contribution in [2.75, 3.05) is 5.32 Å². The molecule has 0 bridgehead atoms. The van der Waals surface area contributed by atoms with Gasteiger partial charge in [-0.05, 0) is 16.0 Å². The van der Waals surface area contributed by atoms with E-state index in [9.17, 15) is 23.2 Å². The van der Waals surface area contributed by atoms with Crippen LogP contribution in [0.4, 0.5) is 14.7 Å². The molecule has 0 aliphatic heterocycles. The molecule has 0 unspecified atom stereocenters. The van der Waals surface area contributed by atoms with Gasteiger partial charge in [-0.1, -0.05) is 29.4 Å². The van der Waals surface area contributed by atoms with E-state index < -0.39 is 29.3 Å². The van der Waals surface area contributed by atoms with E-state index in [2.05, 4.69) is 25.9 Å². The molecule has 0 atom stereocenters. The Morgan fingerprint density at radius 1 is 1.14 bits per heavy atom. The van der Waals surface area contributed by atoms with Crippen LogP contribution in [-0.4, -0.2) is 40.5 Å². The van der Waals surface area contributed by atoms with E-state index in [1.54, 1.807) is 0 Å². The highest BCUT2D eigenvalue weighted by Gasteiger charge is 2.20. The van der Waals surface area contributed by atoms with Crippen LogP contribution in [0.15, 0.2) is 33.9 Å². The summed E-state index contributed by atoms with van der Waals surface area (Å²) in [5, 5.41) is 16.5. The minimum absolute atomic E-state index is 0.0193. The quantitative estimate of drug-likeness (QED) is 0.631. The van der Waals surface area contributed by atoms with Crippen LogP contribution in [0.3, 0.4) is 0 Å². The summed E-state index contributed by atoms with van der Waals surface area (Å²) in [7, 11) is 2.75. The number of amides is 1. The number of halogens is 2. The number of nitrogens with one attached hydrogen (secondary N) is 1. The van der Waals surface area contributed by atoms with Gasteiger partial charge in [-0.15, -0.1) is 0 Å². The Morgan fingerprint density at radius 3 is 2.39 bits per heavy atom. The molecule has 0 aliphatic rings. The number of rotatable bonds is 5. The fourth-order valence-electron chi connectivity index (χ4n) is 2.35. The summed E-state index contributed by atoms with van der Waals surface area (Å²) in [6.45, 7) is -0.219. The second kappa shape index (κ2) is 7.46. The van der Waals surface area contributed by atoms with Crippen molar-refractivity contribution in [3.8, 4) is 0 Å². The largest absolute Gasteiger partial charge is 0.347 e. The predicted octanol–water partition coefficient (Wildman–Crippen LogP) is -0.296. The molecule has 0 aliphatic carbocycles. The van der Waals surface area contributed by atoms with Crippen LogP contribution < -0.4 is 16.6 Å². The van der Waals surface area contributed by atoms with E-state index in [-0.39, 0.29) is 18.1 Å². The van der Waals surface area contributed by atoms with Gasteiger partial charge in [0.1, 0.15) is 0 Å². The van der Waals surface area contributed by atoms with E-state index in [1.807, 2.05) is 0 Å². The van der Waals surface area contributed by atoms with Crippen molar-refractivity contribution in [3.63, 3.8) is 0 Å². The van der Waals surface area contributed by atoms with Crippen molar-refractivity contribution in [2.24, 2.45) is 14.1 Å². The predicted molar refractivity (Wildman–Crippen MR) is 91.0 cm³/mol. The average Bonchev–Trinajstić information content (AvgIpc) is 3.06. The lowest BCUT2D eigenvalue weighted by molar-refractivity contribution is 0.101. The smallest absolute Gasteiger partial charge is 0.288 e. The Bertz CT molecular complexity index is 1130. The number of aromatic nitrogens is 7. The van der Waals surface area contributed by atoms with E-state index in [1.165, 1.54) is 43.0 Å². The number of anilines is 1. The molecule has 28 heavy (non-hydrogen) atoms. The third kappa shape index (κ3) is 3.67.